The molecule has 0 rings (SSSR count). The number of ether oxygens (including phenoxy) is 1. The van der Waals surface area contributed by atoms with Gasteiger partial charge >= 0.3 is 5.97 Å². The summed E-state index contributed by atoms with van der Waals surface area (Å²) in [5, 5.41) is 23.2. The highest BCUT2D eigenvalue weighted by Crippen LogP contribution is 2.17. The van der Waals surface area contributed by atoms with Gasteiger partial charge in [0.25, 0.3) is 0 Å². The molecule has 0 fully saturated rings. The molecule has 0 aliphatic rings. The normalized spacial score (nSPS) is 12.7. The monoisotopic (exact) mass is 834 g/mol. The first-order chi connectivity index (χ1) is 29.0. The Balaban J connectivity index is 3.52. The Morgan fingerprint density at radius 3 is 1.24 bits per heavy atom. The molecular formula is C53H103NO5. The topological polar surface area (TPSA) is 95.9 Å². The van der Waals surface area contributed by atoms with E-state index >= 15 is 0 Å². The summed E-state index contributed by atoms with van der Waals surface area (Å²) in [7, 11) is 0. The number of aliphatic hydroxyl groups excluding tert-OH is 2. The van der Waals surface area contributed by atoms with Crippen LogP contribution in [0.4, 0.5) is 0 Å². The van der Waals surface area contributed by atoms with Gasteiger partial charge in [-0.2, -0.15) is 0 Å². The van der Waals surface area contributed by atoms with Gasteiger partial charge in [0.2, 0.25) is 5.91 Å². The second kappa shape index (κ2) is 49.3. The van der Waals surface area contributed by atoms with Crippen molar-refractivity contribution in [3.8, 4) is 0 Å². The van der Waals surface area contributed by atoms with Gasteiger partial charge in [-0.3, -0.25) is 9.59 Å². The molecule has 59 heavy (non-hydrogen) atoms. The second-order valence-corrected chi connectivity index (χ2v) is 18.2. The molecule has 6 nitrogen and oxygen atoms in total. The SMILES string of the molecule is CCCCCCCCCCCCCCCCCCCCCCC(O)C(CO)NC(=O)CCC/C=C\CCCCCCOC(=O)CCCCCCCCCCCCCCC. The quantitative estimate of drug-likeness (QED) is 0.0322. The van der Waals surface area contributed by atoms with Crippen molar-refractivity contribution in [1.29, 1.82) is 0 Å². The fourth-order valence-corrected chi connectivity index (χ4v) is 8.23. The summed E-state index contributed by atoms with van der Waals surface area (Å²) in [6.45, 7) is 4.88. The highest BCUT2D eigenvalue weighted by atomic mass is 16.5. The molecule has 0 aliphatic heterocycles. The predicted molar refractivity (Wildman–Crippen MR) is 255 cm³/mol. The van der Waals surface area contributed by atoms with Gasteiger partial charge in [0.15, 0.2) is 0 Å². The highest BCUT2D eigenvalue weighted by molar-refractivity contribution is 5.76. The first-order valence-corrected chi connectivity index (χ1v) is 26.4. The van der Waals surface area contributed by atoms with Crippen molar-refractivity contribution in [2.24, 2.45) is 0 Å². The lowest BCUT2D eigenvalue weighted by Crippen LogP contribution is -2.45. The minimum absolute atomic E-state index is 0.0334. The lowest BCUT2D eigenvalue weighted by Gasteiger charge is -2.22. The number of rotatable bonds is 49. The van der Waals surface area contributed by atoms with Gasteiger partial charge in [-0.1, -0.05) is 244 Å². The van der Waals surface area contributed by atoms with Crippen LogP contribution in [0.2, 0.25) is 0 Å². The number of carbonyl (C=O) groups excluding carboxylic acids is 2. The van der Waals surface area contributed by atoms with Gasteiger partial charge in [-0.15, -0.1) is 0 Å². The average molecular weight is 834 g/mol. The number of unbranched alkanes of at least 4 members (excludes halogenated alkanes) is 36. The van der Waals surface area contributed by atoms with Gasteiger partial charge in [-0.25, -0.2) is 0 Å². The average Bonchev–Trinajstić information content (AvgIpc) is 3.24. The zero-order valence-corrected chi connectivity index (χ0v) is 39.7. The van der Waals surface area contributed by atoms with E-state index in [2.05, 4.69) is 31.3 Å². The number of carbonyl (C=O) groups is 2. The third-order valence-corrected chi connectivity index (χ3v) is 12.3. The number of allylic oxidation sites excluding steroid dienone is 2. The number of hydrogen-bond acceptors (Lipinski definition) is 5. The molecule has 0 aliphatic carbocycles. The molecule has 6 heteroatoms. The molecule has 0 aromatic rings. The van der Waals surface area contributed by atoms with E-state index in [-0.39, 0.29) is 18.5 Å². The first-order valence-electron chi connectivity index (χ1n) is 26.4. The minimum Gasteiger partial charge on any atom is -0.466 e. The molecule has 0 heterocycles. The Morgan fingerprint density at radius 1 is 0.458 bits per heavy atom. The van der Waals surface area contributed by atoms with Crippen molar-refractivity contribution < 1.29 is 24.5 Å². The van der Waals surface area contributed by atoms with Crippen LogP contribution in [0.3, 0.4) is 0 Å². The zero-order valence-electron chi connectivity index (χ0n) is 39.7. The summed E-state index contributed by atoms with van der Waals surface area (Å²) in [6, 6.07) is -0.578. The maximum absolute atomic E-state index is 12.4. The highest BCUT2D eigenvalue weighted by Gasteiger charge is 2.20. The van der Waals surface area contributed by atoms with Crippen LogP contribution in [0.5, 0.6) is 0 Å². The molecule has 1 amide bonds. The van der Waals surface area contributed by atoms with Crippen LogP contribution in [0.15, 0.2) is 12.2 Å². The Morgan fingerprint density at radius 2 is 0.814 bits per heavy atom. The Hall–Kier alpha value is -1.40. The van der Waals surface area contributed by atoms with E-state index in [1.165, 1.54) is 186 Å². The van der Waals surface area contributed by atoms with Crippen molar-refractivity contribution >= 4 is 11.9 Å². The van der Waals surface area contributed by atoms with Crippen molar-refractivity contribution in [1.82, 2.24) is 5.32 Å². The van der Waals surface area contributed by atoms with Crippen LogP contribution in [0.1, 0.15) is 290 Å². The van der Waals surface area contributed by atoms with Gasteiger partial charge in [-0.05, 0) is 44.9 Å². The molecule has 350 valence electrons. The molecule has 0 aromatic heterocycles. The molecule has 0 saturated heterocycles. The summed E-state index contributed by atoms with van der Waals surface area (Å²) >= 11 is 0. The van der Waals surface area contributed by atoms with E-state index in [9.17, 15) is 19.8 Å². The van der Waals surface area contributed by atoms with E-state index in [0.717, 1.165) is 70.6 Å². The van der Waals surface area contributed by atoms with Crippen LogP contribution in [0.25, 0.3) is 0 Å². The van der Waals surface area contributed by atoms with Crippen LogP contribution in [0, 0.1) is 0 Å². The van der Waals surface area contributed by atoms with Crippen LogP contribution in [-0.2, 0) is 14.3 Å². The Kier molecular flexibility index (Phi) is 48.1. The van der Waals surface area contributed by atoms with Crippen molar-refractivity contribution in [3.05, 3.63) is 12.2 Å². The van der Waals surface area contributed by atoms with Gasteiger partial charge in [0.05, 0.1) is 25.4 Å². The molecule has 3 N–H and O–H groups in total. The van der Waals surface area contributed by atoms with Crippen LogP contribution in [-0.4, -0.2) is 47.4 Å². The Labute approximate surface area is 368 Å². The van der Waals surface area contributed by atoms with Crippen molar-refractivity contribution in [2.75, 3.05) is 13.2 Å². The van der Waals surface area contributed by atoms with Crippen molar-refractivity contribution in [2.45, 2.75) is 302 Å². The van der Waals surface area contributed by atoms with E-state index < -0.39 is 12.1 Å². The molecule has 0 radical (unpaired) electrons. The molecule has 2 unspecified atom stereocenters. The summed E-state index contributed by atoms with van der Waals surface area (Å²) in [4.78, 5) is 24.5. The third kappa shape index (κ3) is 45.9. The third-order valence-electron chi connectivity index (χ3n) is 12.3. The lowest BCUT2D eigenvalue weighted by atomic mass is 10.0. The van der Waals surface area contributed by atoms with Gasteiger partial charge < -0.3 is 20.3 Å². The van der Waals surface area contributed by atoms with E-state index in [1.807, 2.05) is 0 Å². The predicted octanol–water partition coefficient (Wildman–Crippen LogP) is 15.7. The maximum Gasteiger partial charge on any atom is 0.305 e. The maximum atomic E-state index is 12.4. The number of aliphatic hydroxyl groups is 2. The second-order valence-electron chi connectivity index (χ2n) is 18.2. The van der Waals surface area contributed by atoms with Crippen LogP contribution < -0.4 is 5.32 Å². The summed E-state index contributed by atoms with van der Waals surface area (Å²) in [5.41, 5.74) is 0. The zero-order chi connectivity index (χ0) is 43.0. The van der Waals surface area contributed by atoms with Crippen LogP contribution >= 0.6 is 0 Å². The summed E-state index contributed by atoms with van der Waals surface area (Å²) in [5.74, 6) is -0.126. The number of amides is 1. The summed E-state index contributed by atoms with van der Waals surface area (Å²) in [6.07, 6.45) is 56.2. The molecule has 2 atom stereocenters. The fraction of sp³-hybridized carbons (Fsp3) is 0.925. The number of nitrogens with one attached hydrogen (secondary N) is 1. The molecule has 0 spiro atoms. The van der Waals surface area contributed by atoms with Crippen molar-refractivity contribution in [3.63, 3.8) is 0 Å². The fourth-order valence-electron chi connectivity index (χ4n) is 8.23. The molecule has 0 saturated carbocycles. The molecule has 0 bridgehead atoms. The largest absolute Gasteiger partial charge is 0.466 e. The lowest BCUT2D eigenvalue weighted by molar-refractivity contribution is -0.143. The summed E-state index contributed by atoms with van der Waals surface area (Å²) < 4.78 is 5.43. The standard InChI is InChI=1S/C53H103NO5/c1-3-5-7-9-11-13-15-17-18-19-20-21-22-23-25-26-29-33-37-41-45-51(56)50(49-55)54-52(57)46-42-38-34-30-28-32-36-40-44-48-59-53(58)47-43-39-35-31-27-24-16-14-12-10-8-6-4-2/h30,34,50-51,55-56H,3-29,31-33,35-49H2,1-2H3,(H,54,57)/b34-30-. The molecule has 0 aromatic carbocycles. The van der Waals surface area contributed by atoms with E-state index in [4.69, 9.17) is 4.74 Å². The number of hydrogen-bond donors (Lipinski definition) is 3. The first kappa shape index (κ1) is 57.6. The van der Waals surface area contributed by atoms with E-state index in [1.54, 1.807) is 0 Å². The minimum atomic E-state index is -0.694. The smallest absolute Gasteiger partial charge is 0.305 e. The Bertz CT molecular complexity index is 878. The number of esters is 1. The van der Waals surface area contributed by atoms with Gasteiger partial charge in [0.1, 0.15) is 0 Å². The molecular weight excluding hydrogens is 731 g/mol. The van der Waals surface area contributed by atoms with E-state index in [0.29, 0.717) is 25.9 Å². The van der Waals surface area contributed by atoms with Gasteiger partial charge in [0, 0.05) is 12.8 Å².